The molecule has 0 spiro atoms. The van der Waals surface area contributed by atoms with E-state index in [0.29, 0.717) is 39.4 Å². The van der Waals surface area contributed by atoms with Crippen LogP contribution in [0.4, 0.5) is 0 Å². The molecule has 0 bridgehead atoms. The molecule has 0 unspecified atom stereocenters. The molecule has 0 aliphatic carbocycles. The van der Waals surface area contributed by atoms with Crippen LogP contribution in [0, 0.1) is 6.92 Å². The molecule has 2 amide bonds. The number of hydrogen-bond donors (Lipinski definition) is 0. The van der Waals surface area contributed by atoms with Crippen molar-refractivity contribution >= 4 is 11.8 Å². The van der Waals surface area contributed by atoms with Crippen LogP contribution >= 0.6 is 0 Å². The molecule has 1 aliphatic heterocycles. The smallest absolute Gasteiger partial charge is 0.274 e. The first-order chi connectivity index (χ1) is 13.1. The normalized spacial score (nSPS) is 14.0. The quantitative estimate of drug-likeness (QED) is 0.775. The fourth-order valence-electron chi connectivity index (χ4n) is 2.92. The summed E-state index contributed by atoms with van der Waals surface area (Å²) in [6, 6.07) is 9.73. The zero-order valence-corrected chi connectivity index (χ0v) is 15.5. The van der Waals surface area contributed by atoms with E-state index in [4.69, 9.17) is 4.74 Å². The van der Waals surface area contributed by atoms with Crippen molar-refractivity contribution in [2.75, 3.05) is 32.8 Å². The number of rotatable bonds is 6. The van der Waals surface area contributed by atoms with Gasteiger partial charge in [0.1, 0.15) is 5.69 Å². The first kappa shape index (κ1) is 19.0. The summed E-state index contributed by atoms with van der Waals surface area (Å²) in [4.78, 5) is 37.2. The molecule has 0 atom stereocenters. The van der Waals surface area contributed by atoms with E-state index < -0.39 is 0 Å². The molecule has 3 rings (SSSR count). The van der Waals surface area contributed by atoms with E-state index in [1.165, 1.54) is 6.20 Å². The number of ether oxygens (including phenoxy) is 1. The van der Waals surface area contributed by atoms with Gasteiger partial charge in [0.2, 0.25) is 5.91 Å². The maximum absolute atomic E-state index is 12.9. The third-order valence-corrected chi connectivity index (χ3v) is 4.46. The van der Waals surface area contributed by atoms with Gasteiger partial charge in [0.05, 0.1) is 25.1 Å². The molecule has 1 aromatic carbocycles. The Morgan fingerprint density at radius 3 is 2.52 bits per heavy atom. The van der Waals surface area contributed by atoms with E-state index in [1.54, 1.807) is 16.0 Å². The van der Waals surface area contributed by atoms with Crippen LogP contribution in [0.2, 0.25) is 0 Å². The van der Waals surface area contributed by atoms with Gasteiger partial charge < -0.3 is 14.5 Å². The fourth-order valence-corrected chi connectivity index (χ4v) is 2.92. The number of morpholine rings is 1. The maximum Gasteiger partial charge on any atom is 0.274 e. The lowest BCUT2D eigenvalue weighted by molar-refractivity contribution is -0.135. The van der Waals surface area contributed by atoms with Gasteiger partial charge in [-0.1, -0.05) is 30.3 Å². The lowest BCUT2D eigenvalue weighted by Gasteiger charge is -2.28. The number of hydrogen-bond acceptors (Lipinski definition) is 5. The van der Waals surface area contributed by atoms with E-state index in [2.05, 4.69) is 9.97 Å². The van der Waals surface area contributed by atoms with Gasteiger partial charge >= 0.3 is 0 Å². The minimum absolute atomic E-state index is 0.0409. The largest absolute Gasteiger partial charge is 0.378 e. The van der Waals surface area contributed by atoms with Crippen LogP contribution in [0.15, 0.2) is 42.7 Å². The van der Waals surface area contributed by atoms with Gasteiger partial charge in [0.15, 0.2) is 0 Å². The fraction of sp³-hybridized carbons (Fsp3) is 0.400. The van der Waals surface area contributed by atoms with Crippen LogP contribution in [0.5, 0.6) is 0 Å². The molecule has 2 heterocycles. The van der Waals surface area contributed by atoms with Crippen molar-refractivity contribution in [3.05, 3.63) is 59.7 Å². The molecule has 142 valence electrons. The highest BCUT2D eigenvalue weighted by Crippen LogP contribution is 2.11. The number of carbonyl (C=O) groups is 2. The molecule has 1 saturated heterocycles. The molecule has 1 fully saturated rings. The monoisotopic (exact) mass is 368 g/mol. The van der Waals surface area contributed by atoms with Crippen LogP contribution in [-0.2, 0) is 16.1 Å². The summed E-state index contributed by atoms with van der Waals surface area (Å²) >= 11 is 0. The third kappa shape index (κ3) is 5.34. The standard InChI is InChI=1S/C20H24N4O3/c1-16-13-22-18(14-21-16)20(26)24(15-17-5-3-2-4-6-17)8-7-19(25)23-9-11-27-12-10-23/h2-6,13-14H,7-12,15H2,1H3. The average Bonchev–Trinajstić information content (AvgIpc) is 2.72. The van der Waals surface area contributed by atoms with E-state index in [9.17, 15) is 9.59 Å². The highest BCUT2D eigenvalue weighted by atomic mass is 16.5. The minimum atomic E-state index is -0.221. The van der Waals surface area contributed by atoms with Crippen molar-refractivity contribution in [3.63, 3.8) is 0 Å². The summed E-state index contributed by atoms with van der Waals surface area (Å²) in [6.07, 6.45) is 3.34. The second-order valence-corrected chi connectivity index (χ2v) is 6.50. The summed E-state index contributed by atoms with van der Waals surface area (Å²) in [6.45, 7) is 4.92. The van der Waals surface area contributed by atoms with Gasteiger partial charge in [-0.3, -0.25) is 14.6 Å². The van der Waals surface area contributed by atoms with E-state index >= 15 is 0 Å². The maximum atomic E-state index is 12.9. The predicted molar refractivity (Wildman–Crippen MR) is 100.0 cm³/mol. The third-order valence-electron chi connectivity index (χ3n) is 4.46. The van der Waals surface area contributed by atoms with Crippen molar-refractivity contribution in [1.29, 1.82) is 0 Å². The molecule has 7 nitrogen and oxygen atoms in total. The van der Waals surface area contributed by atoms with Crippen LogP contribution < -0.4 is 0 Å². The molecular weight excluding hydrogens is 344 g/mol. The second kappa shape index (κ2) is 9.23. The predicted octanol–water partition coefficient (Wildman–Crippen LogP) is 1.68. The van der Waals surface area contributed by atoms with Gasteiger partial charge in [0, 0.05) is 38.8 Å². The molecule has 27 heavy (non-hydrogen) atoms. The van der Waals surface area contributed by atoms with Gasteiger partial charge in [-0.25, -0.2) is 4.98 Å². The highest BCUT2D eigenvalue weighted by molar-refractivity contribution is 5.92. The average molecular weight is 368 g/mol. The summed E-state index contributed by atoms with van der Waals surface area (Å²) < 4.78 is 5.29. The van der Waals surface area contributed by atoms with Crippen molar-refractivity contribution in [3.8, 4) is 0 Å². The SMILES string of the molecule is Cc1cnc(C(=O)N(CCC(=O)N2CCOCC2)Cc2ccccc2)cn1. The van der Waals surface area contributed by atoms with Crippen LogP contribution in [0.25, 0.3) is 0 Å². The van der Waals surface area contributed by atoms with E-state index in [-0.39, 0.29) is 23.9 Å². The Bertz CT molecular complexity index is 759. The zero-order valence-electron chi connectivity index (χ0n) is 15.5. The van der Waals surface area contributed by atoms with Crippen molar-refractivity contribution in [1.82, 2.24) is 19.8 Å². The lowest BCUT2D eigenvalue weighted by atomic mass is 10.2. The molecule has 2 aromatic rings. The number of aryl methyl sites for hydroxylation is 1. The molecule has 0 saturated carbocycles. The number of benzene rings is 1. The molecule has 1 aromatic heterocycles. The van der Waals surface area contributed by atoms with E-state index in [1.807, 2.05) is 37.3 Å². The van der Waals surface area contributed by atoms with Crippen molar-refractivity contribution in [2.24, 2.45) is 0 Å². The number of carbonyl (C=O) groups excluding carboxylic acids is 2. The number of amides is 2. The molecule has 0 radical (unpaired) electrons. The first-order valence-electron chi connectivity index (χ1n) is 9.11. The van der Waals surface area contributed by atoms with Gasteiger partial charge in [-0.15, -0.1) is 0 Å². The summed E-state index contributed by atoms with van der Waals surface area (Å²) in [5.41, 5.74) is 2.05. The number of aromatic nitrogens is 2. The Morgan fingerprint density at radius 1 is 1.11 bits per heavy atom. The van der Waals surface area contributed by atoms with Gasteiger partial charge in [-0.2, -0.15) is 0 Å². The Morgan fingerprint density at radius 2 is 1.85 bits per heavy atom. The molecule has 7 heteroatoms. The summed E-state index contributed by atoms with van der Waals surface area (Å²) in [5.74, 6) is -0.180. The summed E-state index contributed by atoms with van der Waals surface area (Å²) in [5, 5.41) is 0. The Kier molecular flexibility index (Phi) is 6.49. The molecular formula is C20H24N4O3. The Labute approximate surface area is 159 Å². The molecule has 0 N–H and O–H groups in total. The lowest BCUT2D eigenvalue weighted by Crippen LogP contribution is -2.42. The zero-order chi connectivity index (χ0) is 19.1. The van der Waals surface area contributed by atoms with Crippen LogP contribution in [0.3, 0.4) is 0 Å². The number of nitrogens with zero attached hydrogens (tertiary/aromatic N) is 4. The topological polar surface area (TPSA) is 75.6 Å². The van der Waals surface area contributed by atoms with Crippen molar-refractivity contribution in [2.45, 2.75) is 19.9 Å². The Balaban J connectivity index is 1.69. The molecule has 1 aliphatic rings. The van der Waals surface area contributed by atoms with Crippen LogP contribution in [-0.4, -0.2) is 64.4 Å². The van der Waals surface area contributed by atoms with Crippen LogP contribution in [0.1, 0.15) is 28.2 Å². The van der Waals surface area contributed by atoms with Gasteiger partial charge in [-0.05, 0) is 12.5 Å². The van der Waals surface area contributed by atoms with Gasteiger partial charge in [0.25, 0.3) is 5.91 Å². The minimum Gasteiger partial charge on any atom is -0.378 e. The highest BCUT2D eigenvalue weighted by Gasteiger charge is 2.22. The summed E-state index contributed by atoms with van der Waals surface area (Å²) in [7, 11) is 0. The Hall–Kier alpha value is -2.80. The first-order valence-corrected chi connectivity index (χ1v) is 9.11. The van der Waals surface area contributed by atoms with Crippen molar-refractivity contribution < 1.29 is 14.3 Å². The second-order valence-electron chi connectivity index (χ2n) is 6.50. The van der Waals surface area contributed by atoms with E-state index in [0.717, 1.165) is 11.3 Å².